The monoisotopic (exact) mass is 565 g/mol. The number of hydrogen-bond donors (Lipinski definition) is 0. The zero-order valence-electron chi connectivity index (χ0n) is 19.7. The van der Waals surface area contributed by atoms with E-state index in [2.05, 4.69) is 0 Å². The van der Waals surface area contributed by atoms with Crippen LogP contribution in [0.2, 0.25) is 10.0 Å². The molecule has 5 rings (SSSR count). The van der Waals surface area contributed by atoms with Gasteiger partial charge in [-0.05, 0) is 55.0 Å². The van der Waals surface area contributed by atoms with Gasteiger partial charge in [0.1, 0.15) is 15.8 Å². The molecular formula is C28H21Cl2N3O2S2. The number of hydrogen-bond acceptors (Lipinski definition) is 5. The van der Waals surface area contributed by atoms with E-state index in [1.165, 1.54) is 11.8 Å². The van der Waals surface area contributed by atoms with Gasteiger partial charge in [-0.1, -0.05) is 83.6 Å². The molecular weight excluding hydrogens is 545 g/mol. The lowest BCUT2D eigenvalue weighted by Gasteiger charge is -2.15. The van der Waals surface area contributed by atoms with Crippen LogP contribution in [0, 0.1) is 0 Å². The summed E-state index contributed by atoms with van der Waals surface area (Å²) in [5.41, 5.74) is 3.99. The van der Waals surface area contributed by atoms with Crippen LogP contribution in [-0.2, 0) is 11.3 Å². The molecule has 0 radical (unpaired) electrons. The highest BCUT2D eigenvalue weighted by Gasteiger charge is 2.33. The van der Waals surface area contributed by atoms with E-state index in [9.17, 15) is 4.79 Å². The van der Waals surface area contributed by atoms with Gasteiger partial charge in [0, 0.05) is 22.3 Å². The Bertz CT molecular complexity index is 1520. The van der Waals surface area contributed by atoms with E-state index in [1.54, 1.807) is 15.6 Å². The van der Waals surface area contributed by atoms with Gasteiger partial charge in [-0.2, -0.15) is 5.10 Å². The number of ether oxygens (including phenoxy) is 1. The van der Waals surface area contributed by atoms with Crippen LogP contribution in [0.5, 0.6) is 5.75 Å². The maximum absolute atomic E-state index is 13.4. The zero-order valence-corrected chi connectivity index (χ0v) is 22.9. The van der Waals surface area contributed by atoms with Crippen LogP contribution in [0.15, 0.2) is 83.9 Å². The first-order valence-corrected chi connectivity index (χ1v) is 13.5. The molecule has 1 aliphatic heterocycles. The molecule has 2 heterocycles. The molecule has 37 heavy (non-hydrogen) atoms. The summed E-state index contributed by atoms with van der Waals surface area (Å²) < 4.78 is 7.86. The Balaban J connectivity index is 1.53. The van der Waals surface area contributed by atoms with Gasteiger partial charge >= 0.3 is 0 Å². The molecule has 0 saturated carbocycles. The third kappa shape index (κ3) is 5.45. The molecule has 4 aromatic rings. The first kappa shape index (κ1) is 25.5. The Morgan fingerprint density at radius 2 is 1.78 bits per heavy atom. The molecule has 1 aromatic heterocycles. The largest absolute Gasteiger partial charge is 0.492 e. The van der Waals surface area contributed by atoms with E-state index in [-0.39, 0.29) is 5.91 Å². The predicted molar refractivity (Wildman–Crippen MR) is 155 cm³/mol. The van der Waals surface area contributed by atoms with Crippen molar-refractivity contribution in [1.82, 2.24) is 14.7 Å². The van der Waals surface area contributed by atoms with Crippen LogP contribution in [0.3, 0.4) is 0 Å². The van der Waals surface area contributed by atoms with Gasteiger partial charge in [-0.25, -0.2) is 4.68 Å². The van der Waals surface area contributed by atoms with Gasteiger partial charge in [0.05, 0.1) is 28.8 Å². The molecule has 0 spiro atoms. The lowest BCUT2D eigenvalue weighted by atomic mass is 10.1. The Hall–Kier alpha value is -3.10. The summed E-state index contributed by atoms with van der Waals surface area (Å²) in [6, 6.07) is 22.8. The average molecular weight is 567 g/mol. The van der Waals surface area contributed by atoms with Crippen LogP contribution in [0.25, 0.3) is 23.0 Å². The quantitative estimate of drug-likeness (QED) is 0.170. The van der Waals surface area contributed by atoms with Crippen molar-refractivity contribution in [3.05, 3.63) is 105 Å². The first-order chi connectivity index (χ1) is 17.9. The van der Waals surface area contributed by atoms with Crippen molar-refractivity contribution >= 4 is 63.5 Å². The lowest BCUT2D eigenvalue weighted by molar-refractivity contribution is -0.122. The Morgan fingerprint density at radius 3 is 2.51 bits per heavy atom. The highest BCUT2D eigenvalue weighted by molar-refractivity contribution is 8.26. The molecule has 9 heteroatoms. The van der Waals surface area contributed by atoms with Crippen molar-refractivity contribution in [3.8, 4) is 22.7 Å². The second-order valence-electron chi connectivity index (χ2n) is 8.15. The fourth-order valence-corrected chi connectivity index (χ4v) is 5.60. The second kappa shape index (κ2) is 11.1. The number of nitrogens with zero attached hydrogens (tertiary/aromatic N) is 3. The number of thioether (sulfide) groups is 1. The summed E-state index contributed by atoms with van der Waals surface area (Å²) in [6.07, 6.45) is 3.73. The number of aromatic nitrogens is 2. The van der Waals surface area contributed by atoms with Gasteiger partial charge in [-0.3, -0.25) is 9.69 Å². The highest BCUT2D eigenvalue weighted by atomic mass is 35.5. The number of rotatable bonds is 7. The van der Waals surface area contributed by atoms with Crippen LogP contribution in [0.4, 0.5) is 0 Å². The van der Waals surface area contributed by atoms with Gasteiger partial charge in [-0.15, -0.1) is 0 Å². The third-order valence-electron chi connectivity index (χ3n) is 5.71. The van der Waals surface area contributed by atoms with E-state index in [0.29, 0.717) is 43.9 Å². The summed E-state index contributed by atoms with van der Waals surface area (Å²) in [7, 11) is 0. The molecule has 5 nitrogen and oxygen atoms in total. The molecule has 1 aliphatic rings. The lowest BCUT2D eigenvalue weighted by Crippen LogP contribution is -2.27. The topological polar surface area (TPSA) is 47.4 Å². The number of halogens is 2. The summed E-state index contributed by atoms with van der Waals surface area (Å²) in [5.74, 6) is 0.440. The molecule has 186 valence electrons. The minimum Gasteiger partial charge on any atom is -0.492 e. The maximum Gasteiger partial charge on any atom is 0.266 e. The SMILES string of the molecule is CCOc1ccc(-c2nn(-c3ccccc3)cc2C=C2SC(=S)N(Cc3ccccc3Cl)C2=O)cc1Cl. The third-order valence-corrected chi connectivity index (χ3v) is 7.76. The summed E-state index contributed by atoms with van der Waals surface area (Å²) in [4.78, 5) is 15.5. The fourth-order valence-electron chi connectivity index (χ4n) is 3.93. The Morgan fingerprint density at radius 1 is 1.03 bits per heavy atom. The van der Waals surface area contributed by atoms with Crippen molar-refractivity contribution in [2.24, 2.45) is 0 Å². The van der Waals surface area contributed by atoms with Gasteiger partial charge in [0.15, 0.2) is 0 Å². The van der Waals surface area contributed by atoms with Crippen molar-refractivity contribution in [2.75, 3.05) is 6.61 Å². The molecule has 1 fully saturated rings. The Kier molecular flexibility index (Phi) is 7.67. The molecule has 0 atom stereocenters. The molecule has 0 unspecified atom stereocenters. The molecule has 1 amide bonds. The van der Waals surface area contributed by atoms with Crippen LogP contribution >= 0.6 is 47.2 Å². The van der Waals surface area contributed by atoms with Crippen LogP contribution in [0.1, 0.15) is 18.1 Å². The average Bonchev–Trinajstić information content (AvgIpc) is 3.43. The van der Waals surface area contributed by atoms with Crippen molar-refractivity contribution in [3.63, 3.8) is 0 Å². The molecule has 1 saturated heterocycles. The smallest absolute Gasteiger partial charge is 0.266 e. The minimum absolute atomic E-state index is 0.168. The number of amides is 1. The van der Waals surface area contributed by atoms with Crippen LogP contribution < -0.4 is 4.74 Å². The first-order valence-electron chi connectivity index (χ1n) is 11.5. The number of carbonyl (C=O) groups excluding carboxylic acids is 1. The van der Waals surface area contributed by atoms with E-state index in [1.807, 2.05) is 85.9 Å². The second-order valence-corrected chi connectivity index (χ2v) is 10.6. The maximum atomic E-state index is 13.4. The van der Waals surface area contributed by atoms with Gasteiger partial charge in [0.2, 0.25) is 0 Å². The standard InChI is InChI=1S/C28H21Cl2N3O2S2/c1-2-35-24-13-12-18(14-23(24)30)26-20(17-33(31-26)21-9-4-3-5-10-21)15-25-27(34)32(28(36)37-25)16-19-8-6-7-11-22(19)29/h3-15,17H,2,16H2,1H3. The molecule has 3 aromatic carbocycles. The van der Waals surface area contributed by atoms with Crippen LogP contribution in [-0.4, -0.2) is 31.5 Å². The molecule has 0 bridgehead atoms. The number of para-hydroxylation sites is 1. The van der Waals surface area contributed by atoms with Crippen molar-refractivity contribution in [2.45, 2.75) is 13.5 Å². The van der Waals surface area contributed by atoms with E-state index in [4.69, 9.17) is 45.3 Å². The zero-order chi connectivity index (χ0) is 25.9. The van der Waals surface area contributed by atoms with E-state index >= 15 is 0 Å². The summed E-state index contributed by atoms with van der Waals surface area (Å²) in [5, 5.41) is 5.93. The van der Waals surface area contributed by atoms with E-state index in [0.717, 1.165) is 22.4 Å². The Labute approximate surface area is 234 Å². The number of benzene rings is 3. The molecule has 0 N–H and O–H groups in total. The van der Waals surface area contributed by atoms with Crippen molar-refractivity contribution < 1.29 is 9.53 Å². The number of thiocarbonyl (C=S) groups is 1. The van der Waals surface area contributed by atoms with Gasteiger partial charge in [0.25, 0.3) is 5.91 Å². The minimum atomic E-state index is -0.168. The van der Waals surface area contributed by atoms with Gasteiger partial charge < -0.3 is 4.74 Å². The normalized spacial score (nSPS) is 14.6. The predicted octanol–water partition coefficient (Wildman–Crippen LogP) is 7.65. The van der Waals surface area contributed by atoms with Crippen molar-refractivity contribution in [1.29, 1.82) is 0 Å². The highest BCUT2D eigenvalue weighted by Crippen LogP contribution is 2.37. The number of carbonyl (C=O) groups is 1. The van der Waals surface area contributed by atoms with E-state index < -0.39 is 0 Å². The fraction of sp³-hybridized carbons (Fsp3) is 0.107. The summed E-state index contributed by atoms with van der Waals surface area (Å²) >= 11 is 19.6. The molecule has 0 aliphatic carbocycles. The summed E-state index contributed by atoms with van der Waals surface area (Å²) in [6.45, 7) is 2.74.